The van der Waals surface area contributed by atoms with Crippen molar-refractivity contribution in [2.45, 2.75) is 31.7 Å². The van der Waals surface area contributed by atoms with Crippen LogP contribution in [0.3, 0.4) is 0 Å². The quantitative estimate of drug-likeness (QED) is 0.654. The molecule has 28 heavy (non-hydrogen) atoms. The molecule has 0 bridgehead atoms. The molecular weight excluding hydrogens is 354 g/mol. The first-order valence-electron chi connectivity index (χ1n) is 9.60. The van der Waals surface area contributed by atoms with Crippen molar-refractivity contribution in [3.05, 3.63) is 78.3 Å². The van der Waals surface area contributed by atoms with Gasteiger partial charge in [-0.25, -0.2) is 4.98 Å². The van der Waals surface area contributed by atoms with Gasteiger partial charge in [-0.1, -0.05) is 30.3 Å². The fourth-order valence-electron chi connectivity index (χ4n) is 3.50. The monoisotopic (exact) mass is 377 g/mol. The molecule has 2 aromatic heterocycles. The molecule has 1 amide bonds. The number of pyridine rings is 1. The van der Waals surface area contributed by atoms with E-state index in [0.29, 0.717) is 24.6 Å². The topological polar surface area (TPSA) is 68.5 Å². The number of carbonyl (C=O) groups excluding carboxylic acids is 1. The van der Waals surface area contributed by atoms with Crippen LogP contribution in [0.15, 0.2) is 65.5 Å². The Morgan fingerprint density at radius 1 is 1.14 bits per heavy atom. The third kappa shape index (κ3) is 4.39. The SMILES string of the molecule is O=C(COc1cccnc1)N1CCCC[C@@H]1c1ncc(Cc2ccccc2)o1. The summed E-state index contributed by atoms with van der Waals surface area (Å²) in [6.07, 6.45) is 8.62. The number of rotatable bonds is 6. The van der Waals surface area contributed by atoms with Gasteiger partial charge in [0, 0.05) is 19.2 Å². The Labute approximate surface area is 164 Å². The van der Waals surface area contributed by atoms with Crippen molar-refractivity contribution in [2.75, 3.05) is 13.2 Å². The molecule has 1 aliphatic heterocycles. The molecule has 3 heterocycles. The summed E-state index contributed by atoms with van der Waals surface area (Å²) in [5.41, 5.74) is 1.17. The van der Waals surface area contributed by atoms with Crippen LogP contribution in [0.4, 0.5) is 0 Å². The lowest BCUT2D eigenvalue weighted by Crippen LogP contribution is -2.41. The summed E-state index contributed by atoms with van der Waals surface area (Å²) in [5, 5.41) is 0. The maximum absolute atomic E-state index is 12.8. The molecule has 1 saturated heterocycles. The molecule has 1 atom stereocenters. The summed E-state index contributed by atoms with van der Waals surface area (Å²) in [6, 6.07) is 13.6. The number of aromatic nitrogens is 2. The van der Waals surface area contributed by atoms with Crippen LogP contribution in [0.25, 0.3) is 0 Å². The van der Waals surface area contributed by atoms with Gasteiger partial charge >= 0.3 is 0 Å². The van der Waals surface area contributed by atoms with Crippen LogP contribution in [-0.2, 0) is 11.2 Å². The number of piperidine rings is 1. The van der Waals surface area contributed by atoms with Crippen molar-refractivity contribution in [1.29, 1.82) is 0 Å². The minimum atomic E-state index is -0.136. The molecule has 0 saturated carbocycles. The second kappa shape index (κ2) is 8.69. The third-order valence-corrected chi connectivity index (χ3v) is 4.90. The van der Waals surface area contributed by atoms with E-state index in [1.54, 1.807) is 30.7 Å². The van der Waals surface area contributed by atoms with Crippen molar-refractivity contribution < 1.29 is 13.9 Å². The van der Waals surface area contributed by atoms with Gasteiger partial charge in [0.1, 0.15) is 17.6 Å². The Kier molecular flexibility index (Phi) is 5.66. The zero-order valence-electron chi connectivity index (χ0n) is 15.7. The number of amides is 1. The molecule has 1 aromatic carbocycles. The van der Waals surface area contributed by atoms with E-state index >= 15 is 0 Å². The lowest BCUT2D eigenvalue weighted by molar-refractivity contribution is -0.137. The molecule has 0 radical (unpaired) electrons. The number of benzene rings is 1. The second-order valence-electron chi connectivity index (χ2n) is 6.90. The zero-order chi connectivity index (χ0) is 19.2. The number of carbonyl (C=O) groups is 1. The first kappa shape index (κ1) is 18.2. The summed E-state index contributed by atoms with van der Waals surface area (Å²) >= 11 is 0. The fourth-order valence-corrected chi connectivity index (χ4v) is 3.50. The van der Waals surface area contributed by atoms with Crippen LogP contribution in [0.1, 0.15) is 42.5 Å². The maximum Gasteiger partial charge on any atom is 0.261 e. The van der Waals surface area contributed by atoms with E-state index in [2.05, 4.69) is 22.1 Å². The Morgan fingerprint density at radius 2 is 2.04 bits per heavy atom. The standard InChI is InChI=1S/C22H23N3O3/c26-21(16-27-18-9-6-11-23-14-18)25-12-5-4-10-20(25)22-24-15-19(28-22)13-17-7-2-1-3-8-17/h1-3,6-9,11,14-15,20H,4-5,10,12-13,16H2/t20-/m1/s1. The molecule has 6 nitrogen and oxygen atoms in total. The molecule has 1 fully saturated rings. The van der Waals surface area contributed by atoms with Crippen molar-refractivity contribution in [3.8, 4) is 5.75 Å². The van der Waals surface area contributed by atoms with Gasteiger partial charge in [0.15, 0.2) is 6.61 Å². The largest absolute Gasteiger partial charge is 0.482 e. The van der Waals surface area contributed by atoms with Crippen LogP contribution in [0.2, 0.25) is 0 Å². The van der Waals surface area contributed by atoms with Gasteiger partial charge in [-0.2, -0.15) is 0 Å². The predicted octanol–water partition coefficient (Wildman–Crippen LogP) is 3.79. The van der Waals surface area contributed by atoms with Crippen molar-refractivity contribution >= 4 is 5.91 Å². The maximum atomic E-state index is 12.8. The van der Waals surface area contributed by atoms with E-state index in [9.17, 15) is 4.79 Å². The Morgan fingerprint density at radius 3 is 2.86 bits per heavy atom. The molecule has 0 spiro atoms. The van der Waals surface area contributed by atoms with Gasteiger partial charge in [0.2, 0.25) is 5.89 Å². The van der Waals surface area contributed by atoms with Crippen LogP contribution >= 0.6 is 0 Å². The van der Waals surface area contributed by atoms with Gasteiger partial charge in [-0.3, -0.25) is 9.78 Å². The summed E-state index contributed by atoms with van der Waals surface area (Å²) in [4.78, 5) is 23.1. The lowest BCUT2D eigenvalue weighted by Gasteiger charge is -2.33. The summed E-state index contributed by atoms with van der Waals surface area (Å²) in [5.74, 6) is 1.95. The average Bonchev–Trinajstić information content (AvgIpc) is 3.22. The number of oxazole rings is 1. The van der Waals surface area contributed by atoms with Gasteiger partial charge in [-0.15, -0.1) is 0 Å². The van der Waals surface area contributed by atoms with Crippen LogP contribution in [-0.4, -0.2) is 33.9 Å². The third-order valence-electron chi connectivity index (χ3n) is 4.90. The minimum absolute atomic E-state index is 0.0141. The highest BCUT2D eigenvalue weighted by Crippen LogP contribution is 2.31. The first-order chi connectivity index (χ1) is 13.8. The highest BCUT2D eigenvalue weighted by molar-refractivity contribution is 5.78. The first-order valence-corrected chi connectivity index (χ1v) is 9.60. The Balaban J connectivity index is 1.42. The van der Waals surface area contributed by atoms with E-state index in [4.69, 9.17) is 9.15 Å². The van der Waals surface area contributed by atoms with E-state index in [0.717, 1.165) is 25.0 Å². The van der Waals surface area contributed by atoms with Gasteiger partial charge in [0.05, 0.1) is 12.4 Å². The average molecular weight is 377 g/mol. The second-order valence-corrected chi connectivity index (χ2v) is 6.90. The summed E-state index contributed by atoms with van der Waals surface area (Å²) in [6.45, 7) is 0.677. The zero-order valence-corrected chi connectivity index (χ0v) is 15.7. The number of hydrogen-bond acceptors (Lipinski definition) is 5. The molecule has 0 N–H and O–H groups in total. The molecule has 0 unspecified atom stereocenters. The number of likely N-dealkylation sites (tertiary alicyclic amines) is 1. The van der Waals surface area contributed by atoms with E-state index in [1.807, 2.05) is 23.1 Å². The van der Waals surface area contributed by atoms with Gasteiger partial charge < -0.3 is 14.1 Å². The summed E-state index contributed by atoms with van der Waals surface area (Å²) in [7, 11) is 0. The molecule has 3 aromatic rings. The highest BCUT2D eigenvalue weighted by atomic mass is 16.5. The minimum Gasteiger partial charge on any atom is -0.482 e. The number of hydrogen-bond donors (Lipinski definition) is 0. The molecule has 0 aliphatic carbocycles. The van der Waals surface area contributed by atoms with Crippen LogP contribution < -0.4 is 4.74 Å². The summed E-state index contributed by atoms with van der Waals surface area (Å²) < 4.78 is 11.6. The number of nitrogens with zero attached hydrogens (tertiary/aromatic N) is 3. The van der Waals surface area contributed by atoms with E-state index in [1.165, 1.54) is 5.56 Å². The normalized spacial score (nSPS) is 16.7. The molecular formula is C22H23N3O3. The van der Waals surface area contributed by atoms with E-state index in [-0.39, 0.29) is 18.6 Å². The van der Waals surface area contributed by atoms with Crippen molar-refractivity contribution in [1.82, 2.24) is 14.9 Å². The highest BCUT2D eigenvalue weighted by Gasteiger charge is 2.31. The van der Waals surface area contributed by atoms with Gasteiger partial charge in [0.25, 0.3) is 5.91 Å². The van der Waals surface area contributed by atoms with E-state index < -0.39 is 0 Å². The predicted molar refractivity (Wildman–Crippen MR) is 104 cm³/mol. The van der Waals surface area contributed by atoms with Crippen molar-refractivity contribution in [3.63, 3.8) is 0 Å². The Hall–Kier alpha value is -3.15. The Bertz CT molecular complexity index is 896. The fraction of sp³-hybridized carbons (Fsp3) is 0.318. The van der Waals surface area contributed by atoms with Gasteiger partial charge in [-0.05, 0) is 37.0 Å². The molecule has 6 heteroatoms. The molecule has 4 rings (SSSR count). The van der Waals surface area contributed by atoms with Crippen LogP contribution in [0.5, 0.6) is 5.75 Å². The smallest absolute Gasteiger partial charge is 0.261 e. The molecule has 1 aliphatic rings. The van der Waals surface area contributed by atoms with Crippen LogP contribution in [0, 0.1) is 0 Å². The lowest BCUT2D eigenvalue weighted by atomic mass is 10.0. The molecule has 144 valence electrons. The van der Waals surface area contributed by atoms with Crippen molar-refractivity contribution in [2.24, 2.45) is 0 Å². The number of ether oxygens (including phenoxy) is 1.